The number of benzene rings is 2. The summed E-state index contributed by atoms with van der Waals surface area (Å²) in [5, 5.41) is 9.29. The van der Waals surface area contributed by atoms with Crippen LogP contribution in [-0.2, 0) is 15.2 Å². The average molecular weight is 528 g/mol. The lowest BCUT2D eigenvalue weighted by molar-refractivity contribution is -0.275. The van der Waals surface area contributed by atoms with E-state index in [0.29, 0.717) is 16.7 Å². The van der Waals surface area contributed by atoms with Crippen LogP contribution in [0.2, 0.25) is 10.0 Å². The molecule has 2 amide bonds. The van der Waals surface area contributed by atoms with Gasteiger partial charge in [-0.05, 0) is 68.1 Å². The number of nitrogens with one attached hydrogen (secondary N) is 2. The maximum Gasteiger partial charge on any atom is 0.435 e. The third kappa shape index (κ3) is 5.26. The predicted octanol–water partition coefficient (Wildman–Crippen LogP) is 5.28. The molecule has 0 aromatic heterocycles. The molecule has 1 saturated carbocycles. The summed E-state index contributed by atoms with van der Waals surface area (Å²) in [5.41, 5.74) is -1.77. The first-order valence-electron chi connectivity index (χ1n) is 10.9. The molecule has 2 aromatic rings. The predicted molar refractivity (Wildman–Crippen MR) is 126 cm³/mol. The highest BCUT2D eigenvalue weighted by Crippen LogP contribution is 2.49. The largest absolute Gasteiger partial charge is 0.435 e. The number of hydrogen-bond donors (Lipinski definition) is 2. The normalized spacial score (nSPS) is 20.6. The molecule has 4 rings (SSSR count). The van der Waals surface area contributed by atoms with E-state index in [1.807, 2.05) is 0 Å². The quantitative estimate of drug-likeness (QED) is 0.536. The zero-order chi connectivity index (χ0) is 25.5. The number of alkyl halides is 3. The van der Waals surface area contributed by atoms with E-state index in [0.717, 1.165) is 25.0 Å². The fourth-order valence-corrected chi connectivity index (χ4v) is 4.36. The Labute approximate surface area is 209 Å². The number of nitrogens with zero attached hydrogens (tertiary/aromatic N) is 1. The van der Waals surface area contributed by atoms with Gasteiger partial charge in [0.1, 0.15) is 6.04 Å². The number of halogens is 5. The zero-order valence-corrected chi connectivity index (χ0v) is 20.3. The van der Waals surface area contributed by atoms with Gasteiger partial charge in [0.2, 0.25) is 5.91 Å². The molecule has 11 heteroatoms. The lowest BCUT2D eigenvalue weighted by atomic mass is 9.86. The number of aryl methyl sites for hydroxylation is 1. The van der Waals surface area contributed by atoms with E-state index in [4.69, 9.17) is 28.0 Å². The van der Waals surface area contributed by atoms with Gasteiger partial charge in [-0.2, -0.15) is 13.2 Å². The van der Waals surface area contributed by atoms with Crippen LogP contribution in [0.5, 0.6) is 0 Å². The van der Waals surface area contributed by atoms with Crippen LogP contribution < -0.4 is 10.6 Å². The molecule has 6 nitrogen and oxygen atoms in total. The molecule has 186 valence electrons. The molecule has 35 heavy (non-hydrogen) atoms. The molecule has 2 aliphatic rings. The summed E-state index contributed by atoms with van der Waals surface area (Å²) in [6.07, 6.45) is -3.55. The van der Waals surface area contributed by atoms with Gasteiger partial charge >= 0.3 is 6.18 Å². The summed E-state index contributed by atoms with van der Waals surface area (Å²) in [6, 6.07) is 7.61. The van der Waals surface area contributed by atoms with E-state index in [1.165, 1.54) is 18.2 Å². The average Bonchev–Trinajstić information content (AvgIpc) is 3.44. The van der Waals surface area contributed by atoms with Crippen LogP contribution in [0.15, 0.2) is 41.6 Å². The van der Waals surface area contributed by atoms with Crippen molar-refractivity contribution in [1.82, 2.24) is 10.6 Å². The van der Waals surface area contributed by atoms with E-state index < -0.39 is 30.1 Å². The SMILES string of the molecule is Cc1cc(C2=NOC(c3cc(Cl)cc(Cl)c3)(C(F)(F)F)C2)ccc1C(=O)NC(C)C(=O)NC1CC1. The van der Waals surface area contributed by atoms with Crippen LogP contribution in [0.4, 0.5) is 13.2 Å². The van der Waals surface area contributed by atoms with Crippen molar-refractivity contribution in [1.29, 1.82) is 0 Å². The highest BCUT2D eigenvalue weighted by atomic mass is 35.5. The highest BCUT2D eigenvalue weighted by molar-refractivity contribution is 6.34. The summed E-state index contributed by atoms with van der Waals surface area (Å²) >= 11 is 11.9. The fourth-order valence-electron chi connectivity index (χ4n) is 3.84. The fraction of sp³-hybridized carbons (Fsp3) is 0.375. The Morgan fingerprint density at radius 1 is 1.14 bits per heavy atom. The minimum Gasteiger partial charge on any atom is -0.374 e. The number of carbonyl (C=O) groups is 2. The number of oxime groups is 1. The third-order valence-corrected chi connectivity index (χ3v) is 6.42. The van der Waals surface area contributed by atoms with Crippen molar-refractivity contribution >= 4 is 40.7 Å². The van der Waals surface area contributed by atoms with E-state index in [9.17, 15) is 22.8 Å². The Morgan fingerprint density at radius 3 is 2.37 bits per heavy atom. The number of rotatable bonds is 6. The second kappa shape index (κ2) is 9.35. The minimum absolute atomic E-state index is 0.0411. The van der Waals surface area contributed by atoms with Crippen LogP contribution in [0.25, 0.3) is 0 Å². The van der Waals surface area contributed by atoms with Gasteiger partial charge in [-0.1, -0.05) is 34.4 Å². The maximum atomic E-state index is 14.2. The van der Waals surface area contributed by atoms with E-state index >= 15 is 0 Å². The lowest BCUT2D eigenvalue weighted by Crippen LogP contribution is -2.45. The first-order valence-corrected chi connectivity index (χ1v) is 11.7. The van der Waals surface area contributed by atoms with Crippen molar-refractivity contribution in [2.45, 2.75) is 57.0 Å². The topological polar surface area (TPSA) is 79.8 Å². The molecule has 2 N–H and O–H groups in total. The van der Waals surface area contributed by atoms with Crippen LogP contribution >= 0.6 is 23.2 Å². The third-order valence-electron chi connectivity index (χ3n) is 5.98. The maximum absolute atomic E-state index is 14.2. The number of amides is 2. The van der Waals surface area contributed by atoms with Gasteiger partial charge in [0, 0.05) is 33.6 Å². The lowest BCUT2D eigenvalue weighted by Gasteiger charge is -2.29. The molecular formula is C24H22Cl2F3N3O3. The zero-order valence-electron chi connectivity index (χ0n) is 18.8. The summed E-state index contributed by atoms with van der Waals surface area (Å²) in [4.78, 5) is 29.8. The summed E-state index contributed by atoms with van der Waals surface area (Å²) < 4.78 is 42.6. The molecule has 1 fully saturated rings. The van der Waals surface area contributed by atoms with E-state index in [2.05, 4.69) is 15.8 Å². The monoisotopic (exact) mass is 527 g/mol. The van der Waals surface area contributed by atoms with Crippen molar-refractivity contribution in [3.05, 3.63) is 68.7 Å². The van der Waals surface area contributed by atoms with Crippen LogP contribution in [0.3, 0.4) is 0 Å². The van der Waals surface area contributed by atoms with Crippen LogP contribution in [-0.4, -0.2) is 35.8 Å². The van der Waals surface area contributed by atoms with Crippen molar-refractivity contribution in [2.75, 3.05) is 0 Å². The molecule has 0 saturated heterocycles. The Bertz CT molecular complexity index is 1190. The Kier molecular flexibility index (Phi) is 6.76. The summed E-state index contributed by atoms with van der Waals surface area (Å²) in [7, 11) is 0. The number of carbonyl (C=O) groups excluding carboxylic acids is 2. The Morgan fingerprint density at radius 2 is 1.80 bits per heavy atom. The molecule has 0 radical (unpaired) electrons. The molecule has 1 aliphatic heterocycles. The van der Waals surface area contributed by atoms with Gasteiger partial charge in [0.15, 0.2) is 0 Å². The van der Waals surface area contributed by atoms with Gasteiger partial charge in [0.05, 0.1) is 5.71 Å². The molecule has 1 heterocycles. The van der Waals surface area contributed by atoms with Gasteiger partial charge in [-0.3, -0.25) is 9.59 Å². The standard InChI is InChI=1S/C24H22Cl2F3N3O3/c1-12-7-14(3-6-19(12)22(34)30-13(2)21(33)31-18-4-5-18)20-11-23(35-32-20,24(27,28)29)15-8-16(25)10-17(26)9-15/h3,6-10,13,18H,4-5,11H2,1-2H3,(H,30,34)(H,31,33). The van der Waals surface area contributed by atoms with Gasteiger partial charge in [-0.15, -0.1) is 0 Å². The van der Waals surface area contributed by atoms with Gasteiger partial charge in [-0.25, -0.2) is 0 Å². The second-order valence-corrected chi connectivity index (χ2v) is 9.67. The smallest absolute Gasteiger partial charge is 0.374 e. The molecule has 0 bridgehead atoms. The Hall–Kier alpha value is -2.78. The first kappa shape index (κ1) is 25.3. The second-order valence-electron chi connectivity index (χ2n) is 8.80. The molecule has 2 unspecified atom stereocenters. The van der Waals surface area contributed by atoms with Crippen LogP contribution in [0.1, 0.15) is 53.2 Å². The molecule has 2 atom stereocenters. The summed E-state index contributed by atoms with van der Waals surface area (Å²) in [5.74, 6) is -0.729. The van der Waals surface area contributed by atoms with Crippen molar-refractivity contribution < 1.29 is 27.6 Å². The van der Waals surface area contributed by atoms with Crippen molar-refractivity contribution in [3.63, 3.8) is 0 Å². The van der Waals surface area contributed by atoms with Crippen molar-refractivity contribution in [2.24, 2.45) is 5.16 Å². The van der Waals surface area contributed by atoms with E-state index in [-0.39, 0.29) is 33.3 Å². The first-order chi connectivity index (χ1) is 16.4. The molecule has 2 aromatic carbocycles. The van der Waals surface area contributed by atoms with Gasteiger partial charge < -0.3 is 15.5 Å². The summed E-state index contributed by atoms with van der Waals surface area (Å²) in [6.45, 7) is 3.24. The van der Waals surface area contributed by atoms with E-state index in [1.54, 1.807) is 19.9 Å². The minimum atomic E-state index is -4.81. The Balaban J connectivity index is 1.53. The van der Waals surface area contributed by atoms with Crippen LogP contribution in [0, 0.1) is 6.92 Å². The van der Waals surface area contributed by atoms with Gasteiger partial charge in [0.25, 0.3) is 11.5 Å². The van der Waals surface area contributed by atoms with Crippen molar-refractivity contribution in [3.8, 4) is 0 Å². The highest BCUT2D eigenvalue weighted by Gasteiger charge is 2.62. The molecular weight excluding hydrogens is 506 g/mol. The number of hydrogen-bond acceptors (Lipinski definition) is 4. The molecule has 1 aliphatic carbocycles. The molecule has 0 spiro atoms.